The topological polar surface area (TPSA) is 58.6 Å². The molecule has 1 unspecified atom stereocenters. The Balaban J connectivity index is 1.44. The maximum absolute atomic E-state index is 12.1. The summed E-state index contributed by atoms with van der Waals surface area (Å²) >= 11 is 0. The lowest BCUT2D eigenvalue weighted by Gasteiger charge is -2.16. The zero-order chi connectivity index (χ0) is 16.9. The molecule has 3 rings (SSSR count). The minimum Gasteiger partial charge on any atom is -0.465 e. The summed E-state index contributed by atoms with van der Waals surface area (Å²) in [5, 5.41) is 2.99. The van der Waals surface area contributed by atoms with Gasteiger partial charge in [0.25, 0.3) is 5.91 Å². The molecule has 1 N–H and O–H groups in total. The van der Waals surface area contributed by atoms with Gasteiger partial charge in [0, 0.05) is 25.2 Å². The van der Waals surface area contributed by atoms with Gasteiger partial charge >= 0.3 is 0 Å². The summed E-state index contributed by atoms with van der Waals surface area (Å²) in [5.41, 5.74) is 2.15. The molecule has 1 atom stereocenters. The third kappa shape index (κ3) is 4.17. The summed E-state index contributed by atoms with van der Waals surface area (Å²) in [5.74, 6) is 1.68. The number of furan rings is 2. The number of hydrogen-bond acceptors (Lipinski definition) is 4. The Morgan fingerprint density at radius 3 is 2.96 bits per heavy atom. The van der Waals surface area contributed by atoms with Crippen LogP contribution >= 0.6 is 0 Å². The third-order valence-electron chi connectivity index (χ3n) is 4.39. The zero-order valence-corrected chi connectivity index (χ0v) is 14.2. The van der Waals surface area contributed by atoms with Crippen LogP contribution in [0, 0.1) is 12.8 Å². The number of hydrogen-bond donors (Lipinski definition) is 1. The van der Waals surface area contributed by atoms with Crippen molar-refractivity contribution in [3.05, 3.63) is 53.4 Å². The van der Waals surface area contributed by atoms with Crippen LogP contribution in [0.5, 0.6) is 0 Å². The minimum absolute atomic E-state index is 0.121. The van der Waals surface area contributed by atoms with Gasteiger partial charge in [0.05, 0.1) is 12.5 Å². The summed E-state index contributed by atoms with van der Waals surface area (Å²) in [4.78, 5) is 14.5. The van der Waals surface area contributed by atoms with Crippen LogP contribution in [0.2, 0.25) is 0 Å². The van der Waals surface area contributed by atoms with Gasteiger partial charge in [-0.1, -0.05) is 5.57 Å². The third-order valence-corrected chi connectivity index (χ3v) is 4.39. The van der Waals surface area contributed by atoms with Gasteiger partial charge in [-0.15, -0.1) is 0 Å². The van der Waals surface area contributed by atoms with E-state index in [1.807, 2.05) is 19.1 Å². The van der Waals surface area contributed by atoms with Gasteiger partial charge in [0.2, 0.25) is 0 Å². The second-order valence-electron chi connectivity index (χ2n) is 6.54. The van der Waals surface area contributed by atoms with Gasteiger partial charge in [-0.3, -0.25) is 9.69 Å². The smallest absolute Gasteiger partial charge is 0.287 e. The summed E-state index contributed by atoms with van der Waals surface area (Å²) in [6.45, 7) is 7.68. The van der Waals surface area contributed by atoms with Crippen LogP contribution in [-0.2, 0) is 0 Å². The Labute approximate surface area is 142 Å². The molecule has 1 fully saturated rings. The van der Waals surface area contributed by atoms with Crippen LogP contribution in [0.1, 0.15) is 35.2 Å². The summed E-state index contributed by atoms with van der Waals surface area (Å²) in [7, 11) is 0. The molecule has 2 aromatic heterocycles. The molecule has 0 bridgehead atoms. The normalized spacial score (nSPS) is 18.9. The highest BCUT2D eigenvalue weighted by atomic mass is 16.3. The average molecular weight is 328 g/mol. The van der Waals surface area contributed by atoms with Crippen LogP contribution in [-0.4, -0.2) is 37.0 Å². The molecule has 128 valence electrons. The van der Waals surface area contributed by atoms with Crippen LogP contribution in [0.15, 0.2) is 45.1 Å². The van der Waals surface area contributed by atoms with E-state index in [0.717, 1.165) is 37.4 Å². The van der Waals surface area contributed by atoms with Crippen molar-refractivity contribution in [1.82, 2.24) is 10.2 Å². The van der Waals surface area contributed by atoms with E-state index in [2.05, 4.69) is 23.2 Å². The molecule has 1 saturated heterocycles. The first-order valence-electron chi connectivity index (χ1n) is 8.37. The van der Waals surface area contributed by atoms with Gasteiger partial charge in [0.1, 0.15) is 5.76 Å². The molecule has 5 heteroatoms. The lowest BCUT2D eigenvalue weighted by molar-refractivity contribution is 0.0919. The molecule has 3 heterocycles. The van der Waals surface area contributed by atoms with E-state index in [-0.39, 0.29) is 5.91 Å². The Hall–Kier alpha value is -2.27. The monoisotopic (exact) mass is 328 g/mol. The predicted octanol–water partition coefficient (Wildman–Crippen LogP) is 3.34. The van der Waals surface area contributed by atoms with E-state index < -0.39 is 0 Å². The molecule has 0 radical (unpaired) electrons. The lowest BCUT2D eigenvalue weighted by atomic mass is 10.1. The molecule has 2 aromatic rings. The van der Waals surface area contributed by atoms with Crippen molar-refractivity contribution >= 4 is 12.0 Å². The van der Waals surface area contributed by atoms with Crippen molar-refractivity contribution in [2.24, 2.45) is 5.92 Å². The molecular formula is C19H24N2O3. The maximum Gasteiger partial charge on any atom is 0.287 e. The summed E-state index contributed by atoms with van der Waals surface area (Å²) in [6.07, 6.45) is 6.42. The van der Waals surface area contributed by atoms with Crippen molar-refractivity contribution < 1.29 is 13.6 Å². The summed E-state index contributed by atoms with van der Waals surface area (Å²) in [6, 6.07) is 5.66. The van der Waals surface area contributed by atoms with Gasteiger partial charge in [-0.2, -0.15) is 0 Å². The molecule has 0 aliphatic carbocycles. The van der Waals surface area contributed by atoms with Crippen LogP contribution in [0.25, 0.3) is 6.08 Å². The van der Waals surface area contributed by atoms with Crippen molar-refractivity contribution in [1.29, 1.82) is 0 Å². The van der Waals surface area contributed by atoms with Gasteiger partial charge in [-0.05, 0) is 57.0 Å². The molecule has 24 heavy (non-hydrogen) atoms. The molecule has 5 nitrogen and oxygen atoms in total. The molecule has 0 aromatic carbocycles. The fraction of sp³-hybridized carbons (Fsp3) is 0.421. The first-order chi connectivity index (χ1) is 11.6. The fourth-order valence-corrected chi connectivity index (χ4v) is 3.16. The number of rotatable bonds is 6. The molecular weight excluding hydrogens is 304 g/mol. The number of carbonyl (C=O) groups excluding carboxylic acids is 1. The highest BCUT2D eigenvalue weighted by molar-refractivity contribution is 5.92. The SMILES string of the molecule is C/C(=C\c1ccco1)CN1CCC(CNC(=O)c2occc2C)C1. The quantitative estimate of drug-likeness (QED) is 0.883. The van der Waals surface area contributed by atoms with E-state index in [1.54, 1.807) is 18.6 Å². The molecule has 1 aliphatic heterocycles. The number of amides is 1. The first-order valence-corrected chi connectivity index (χ1v) is 8.37. The Morgan fingerprint density at radius 2 is 2.25 bits per heavy atom. The number of nitrogens with zero attached hydrogens (tertiary/aromatic N) is 1. The molecule has 1 amide bonds. The summed E-state index contributed by atoms with van der Waals surface area (Å²) < 4.78 is 10.6. The minimum atomic E-state index is -0.121. The van der Waals surface area contributed by atoms with E-state index in [4.69, 9.17) is 8.83 Å². The van der Waals surface area contributed by atoms with Crippen LogP contribution < -0.4 is 5.32 Å². The Bertz CT molecular complexity index is 700. The zero-order valence-electron chi connectivity index (χ0n) is 14.2. The molecule has 0 spiro atoms. The predicted molar refractivity (Wildman–Crippen MR) is 92.7 cm³/mol. The number of carbonyl (C=O) groups is 1. The molecule has 1 aliphatic rings. The van der Waals surface area contributed by atoms with E-state index in [9.17, 15) is 4.79 Å². The maximum atomic E-state index is 12.1. The second-order valence-corrected chi connectivity index (χ2v) is 6.54. The highest BCUT2D eigenvalue weighted by Gasteiger charge is 2.23. The van der Waals surface area contributed by atoms with Crippen LogP contribution in [0.4, 0.5) is 0 Å². The lowest BCUT2D eigenvalue weighted by Crippen LogP contribution is -2.31. The molecule has 0 saturated carbocycles. The van der Waals surface area contributed by atoms with Crippen molar-refractivity contribution in [2.45, 2.75) is 20.3 Å². The van der Waals surface area contributed by atoms with E-state index in [1.165, 1.54) is 5.57 Å². The highest BCUT2D eigenvalue weighted by Crippen LogP contribution is 2.18. The standard InChI is InChI=1S/C19H24N2O3/c1-14(10-17-4-3-8-23-17)12-21-7-5-16(13-21)11-20-19(22)18-15(2)6-9-24-18/h3-4,6,8-10,16H,5,7,11-13H2,1-2H3,(H,20,22)/b14-10+. The average Bonchev–Trinajstić information content (AvgIpc) is 3.27. The fourth-order valence-electron chi connectivity index (χ4n) is 3.16. The van der Waals surface area contributed by atoms with Crippen molar-refractivity contribution in [3.8, 4) is 0 Å². The van der Waals surface area contributed by atoms with Crippen molar-refractivity contribution in [2.75, 3.05) is 26.2 Å². The van der Waals surface area contributed by atoms with Gasteiger partial charge in [0.15, 0.2) is 5.76 Å². The van der Waals surface area contributed by atoms with E-state index in [0.29, 0.717) is 18.2 Å². The Kier molecular flexibility index (Phi) is 5.20. The number of aryl methyl sites for hydroxylation is 1. The van der Waals surface area contributed by atoms with Gasteiger partial charge in [-0.25, -0.2) is 0 Å². The Morgan fingerprint density at radius 1 is 1.38 bits per heavy atom. The number of nitrogens with one attached hydrogen (secondary N) is 1. The largest absolute Gasteiger partial charge is 0.465 e. The van der Waals surface area contributed by atoms with Crippen LogP contribution in [0.3, 0.4) is 0 Å². The second kappa shape index (κ2) is 7.53. The van der Waals surface area contributed by atoms with E-state index >= 15 is 0 Å². The number of likely N-dealkylation sites (tertiary alicyclic amines) is 1. The van der Waals surface area contributed by atoms with Crippen molar-refractivity contribution in [3.63, 3.8) is 0 Å². The van der Waals surface area contributed by atoms with Gasteiger partial charge < -0.3 is 14.2 Å². The first kappa shape index (κ1) is 16.6.